The van der Waals surface area contributed by atoms with Crippen LogP contribution in [0.15, 0.2) is 60.7 Å². The Hall–Kier alpha value is -3.23. The summed E-state index contributed by atoms with van der Waals surface area (Å²) in [7, 11) is 0. The second-order valence-corrected chi connectivity index (χ2v) is 5.80. The van der Waals surface area contributed by atoms with Crippen LogP contribution in [0.2, 0.25) is 5.02 Å². The molecule has 2 aromatic carbocycles. The molecule has 0 saturated carbocycles. The SMILES string of the molecule is C=CCOc1ccc(Cl)cc1/C=C(\C#N)C(=O)Nc1ccc(OCC)cc1. The predicted molar refractivity (Wildman–Crippen MR) is 107 cm³/mol. The number of ether oxygens (including phenoxy) is 2. The van der Waals surface area contributed by atoms with Crippen LogP contribution in [0.5, 0.6) is 11.5 Å². The van der Waals surface area contributed by atoms with Crippen molar-refractivity contribution in [1.82, 2.24) is 0 Å². The van der Waals surface area contributed by atoms with Gasteiger partial charge in [0, 0.05) is 16.3 Å². The number of anilines is 1. The summed E-state index contributed by atoms with van der Waals surface area (Å²) in [5.41, 5.74) is 1.01. The molecule has 0 atom stereocenters. The molecule has 0 heterocycles. The summed E-state index contributed by atoms with van der Waals surface area (Å²) in [6, 6.07) is 13.8. The van der Waals surface area contributed by atoms with Gasteiger partial charge in [0.25, 0.3) is 5.91 Å². The highest BCUT2D eigenvalue weighted by Crippen LogP contribution is 2.26. The number of benzene rings is 2. The van der Waals surface area contributed by atoms with Gasteiger partial charge < -0.3 is 14.8 Å². The van der Waals surface area contributed by atoms with Crippen LogP contribution in [-0.4, -0.2) is 19.1 Å². The van der Waals surface area contributed by atoms with Crippen LogP contribution in [0.1, 0.15) is 12.5 Å². The highest BCUT2D eigenvalue weighted by Gasteiger charge is 2.12. The maximum absolute atomic E-state index is 12.4. The number of carbonyl (C=O) groups is 1. The lowest BCUT2D eigenvalue weighted by atomic mass is 10.1. The van der Waals surface area contributed by atoms with E-state index in [1.54, 1.807) is 48.5 Å². The van der Waals surface area contributed by atoms with Gasteiger partial charge >= 0.3 is 0 Å². The minimum atomic E-state index is -0.531. The van der Waals surface area contributed by atoms with Gasteiger partial charge in [-0.1, -0.05) is 24.3 Å². The normalized spacial score (nSPS) is 10.6. The first-order chi connectivity index (χ1) is 13.1. The molecule has 0 spiro atoms. The first-order valence-electron chi connectivity index (χ1n) is 8.26. The van der Waals surface area contributed by atoms with Crippen molar-refractivity contribution in [1.29, 1.82) is 5.26 Å². The molecule has 0 aliphatic heterocycles. The molecule has 0 aromatic heterocycles. The van der Waals surface area contributed by atoms with Crippen molar-refractivity contribution in [3.8, 4) is 17.6 Å². The molecule has 1 amide bonds. The molecule has 0 unspecified atom stereocenters. The summed E-state index contributed by atoms with van der Waals surface area (Å²) in [6.45, 7) is 6.35. The lowest BCUT2D eigenvalue weighted by Crippen LogP contribution is -2.13. The zero-order valence-electron chi connectivity index (χ0n) is 14.9. The molecule has 0 saturated heterocycles. The fourth-order valence-electron chi connectivity index (χ4n) is 2.22. The van der Waals surface area contributed by atoms with Gasteiger partial charge in [0.2, 0.25) is 0 Å². The van der Waals surface area contributed by atoms with E-state index >= 15 is 0 Å². The third-order valence-corrected chi connectivity index (χ3v) is 3.65. The molecule has 0 radical (unpaired) electrons. The lowest BCUT2D eigenvalue weighted by molar-refractivity contribution is -0.112. The Morgan fingerprint density at radius 1 is 1.26 bits per heavy atom. The molecule has 0 aliphatic carbocycles. The predicted octanol–water partition coefficient (Wildman–Crippen LogP) is 4.85. The monoisotopic (exact) mass is 382 g/mol. The Morgan fingerprint density at radius 3 is 2.63 bits per heavy atom. The van der Waals surface area contributed by atoms with Gasteiger partial charge in [0.05, 0.1) is 6.61 Å². The molecule has 0 aliphatic rings. The second kappa shape index (κ2) is 10.0. The Kier molecular flexibility index (Phi) is 7.48. The van der Waals surface area contributed by atoms with E-state index < -0.39 is 5.91 Å². The van der Waals surface area contributed by atoms with E-state index in [0.717, 1.165) is 0 Å². The van der Waals surface area contributed by atoms with Crippen LogP contribution in [0.3, 0.4) is 0 Å². The molecule has 6 heteroatoms. The quantitative estimate of drug-likeness (QED) is 0.402. The topological polar surface area (TPSA) is 71.3 Å². The van der Waals surface area contributed by atoms with Crippen LogP contribution in [-0.2, 0) is 4.79 Å². The molecule has 27 heavy (non-hydrogen) atoms. The average molecular weight is 383 g/mol. The van der Waals surface area contributed by atoms with Crippen molar-refractivity contribution in [2.75, 3.05) is 18.5 Å². The number of halogens is 1. The maximum atomic E-state index is 12.4. The fourth-order valence-corrected chi connectivity index (χ4v) is 2.40. The van der Waals surface area contributed by atoms with Crippen molar-refractivity contribution in [3.63, 3.8) is 0 Å². The number of nitriles is 1. The highest BCUT2D eigenvalue weighted by atomic mass is 35.5. The lowest BCUT2D eigenvalue weighted by Gasteiger charge is -2.09. The van der Waals surface area contributed by atoms with Crippen LogP contribution < -0.4 is 14.8 Å². The van der Waals surface area contributed by atoms with Crippen molar-refractivity contribution in [2.45, 2.75) is 6.92 Å². The minimum Gasteiger partial charge on any atom is -0.494 e. The summed E-state index contributed by atoms with van der Waals surface area (Å²) in [5, 5.41) is 12.6. The summed E-state index contributed by atoms with van der Waals surface area (Å²) < 4.78 is 10.9. The van der Waals surface area contributed by atoms with Crippen LogP contribution in [0.4, 0.5) is 5.69 Å². The molecule has 1 N–H and O–H groups in total. The zero-order valence-corrected chi connectivity index (χ0v) is 15.6. The summed E-state index contributed by atoms with van der Waals surface area (Å²) in [5.74, 6) is 0.673. The first kappa shape index (κ1) is 20.1. The van der Waals surface area contributed by atoms with E-state index in [2.05, 4.69) is 11.9 Å². The Bertz CT molecular complexity index is 883. The number of carbonyl (C=O) groups excluding carboxylic acids is 1. The molecule has 2 rings (SSSR count). The van der Waals surface area contributed by atoms with Crippen LogP contribution in [0, 0.1) is 11.3 Å². The molecular formula is C21H19ClN2O3. The first-order valence-corrected chi connectivity index (χ1v) is 8.64. The van der Waals surface area contributed by atoms with Crippen molar-refractivity contribution in [2.24, 2.45) is 0 Å². The number of rotatable bonds is 8. The van der Waals surface area contributed by atoms with Gasteiger partial charge in [0.1, 0.15) is 29.7 Å². The van der Waals surface area contributed by atoms with Crippen molar-refractivity contribution < 1.29 is 14.3 Å². The average Bonchev–Trinajstić information content (AvgIpc) is 2.67. The van der Waals surface area contributed by atoms with E-state index in [4.69, 9.17) is 21.1 Å². The molecule has 5 nitrogen and oxygen atoms in total. The van der Waals surface area contributed by atoms with Gasteiger partial charge in [-0.15, -0.1) is 0 Å². The number of amides is 1. The molecule has 0 fully saturated rings. The summed E-state index contributed by atoms with van der Waals surface area (Å²) in [4.78, 5) is 12.4. The van der Waals surface area contributed by atoms with Crippen LogP contribution >= 0.6 is 11.6 Å². The van der Waals surface area contributed by atoms with Gasteiger partial charge in [-0.25, -0.2) is 0 Å². The second-order valence-electron chi connectivity index (χ2n) is 5.36. The number of nitrogens with zero attached hydrogens (tertiary/aromatic N) is 1. The Labute approximate surface area is 163 Å². The number of hydrogen-bond acceptors (Lipinski definition) is 4. The summed E-state index contributed by atoms with van der Waals surface area (Å²) in [6.07, 6.45) is 3.04. The fraction of sp³-hybridized carbons (Fsp3) is 0.143. The van der Waals surface area contributed by atoms with Gasteiger partial charge in [-0.3, -0.25) is 4.79 Å². The van der Waals surface area contributed by atoms with E-state index in [9.17, 15) is 10.1 Å². The molecule has 138 valence electrons. The largest absolute Gasteiger partial charge is 0.494 e. The standard InChI is InChI=1S/C21H19ClN2O3/c1-3-11-27-20-10-5-17(22)13-15(20)12-16(14-23)21(25)24-18-6-8-19(9-7-18)26-4-2/h3,5-10,12-13H,1,4,11H2,2H3,(H,24,25)/b16-12+. The third-order valence-electron chi connectivity index (χ3n) is 3.42. The Balaban J connectivity index is 2.22. The van der Waals surface area contributed by atoms with E-state index in [1.807, 2.05) is 13.0 Å². The van der Waals surface area contributed by atoms with E-state index in [0.29, 0.717) is 41.0 Å². The maximum Gasteiger partial charge on any atom is 0.266 e. The van der Waals surface area contributed by atoms with Crippen molar-refractivity contribution in [3.05, 3.63) is 71.3 Å². The Morgan fingerprint density at radius 2 is 2.00 bits per heavy atom. The van der Waals surface area contributed by atoms with E-state index in [-0.39, 0.29) is 5.57 Å². The van der Waals surface area contributed by atoms with Gasteiger partial charge in [-0.2, -0.15) is 5.26 Å². The minimum absolute atomic E-state index is 0.0744. The third kappa shape index (κ3) is 5.91. The molecular weight excluding hydrogens is 364 g/mol. The van der Waals surface area contributed by atoms with Gasteiger partial charge in [-0.05, 0) is 55.5 Å². The summed E-state index contributed by atoms with van der Waals surface area (Å²) >= 11 is 6.03. The van der Waals surface area contributed by atoms with Crippen LogP contribution in [0.25, 0.3) is 6.08 Å². The molecule has 0 bridgehead atoms. The van der Waals surface area contributed by atoms with Crippen molar-refractivity contribution >= 4 is 29.3 Å². The highest BCUT2D eigenvalue weighted by molar-refractivity contribution is 6.30. The van der Waals surface area contributed by atoms with E-state index in [1.165, 1.54) is 6.08 Å². The van der Waals surface area contributed by atoms with Gasteiger partial charge in [0.15, 0.2) is 0 Å². The zero-order chi connectivity index (χ0) is 19.6. The number of nitrogens with one attached hydrogen (secondary N) is 1. The smallest absolute Gasteiger partial charge is 0.266 e. The number of hydrogen-bond donors (Lipinski definition) is 1. The molecule has 2 aromatic rings.